The Morgan fingerprint density at radius 3 is 2.33 bits per heavy atom. The van der Waals surface area contributed by atoms with Crippen molar-refractivity contribution in [2.45, 2.75) is 26.1 Å². The molecule has 0 saturated heterocycles. The van der Waals surface area contributed by atoms with Crippen molar-refractivity contribution in [3.05, 3.63) is 35.6 Å². The van der Waals surface area contributed by atoms with E-state index in [-0.39, 0.29) is 6.10 Å². The monoisotopic (exact) mass is 212 g/mol. The van der Waals surface area contributed by atoms with Gasteiger partial charge >= 0.3 is 5.97 Å². The lowest BCUT2D eigenvalue weighted by atomic mass is 10.1. The molecular weight excluding hydrogens is 199 g/mol. The van der Waals surface area contributed by atoms with Crippen molar-refractivity contribution < 1.29 is 19.0 Å². The predicted octanol–water partition coefficient (Wildman–Crippen LogP) is 1.81. The van der Waals surface area contributed by atoms with Crippen molar-refractivity contribution in [2.75, 3.05) is 0 Å². The van der Waals surface area contributed by atoms with Crippen molar-refractivity contribution >= 4 is 5.97 Å². The fraction of sp³-hybridized carbons (Fsp3) is 0.364. The maximum Gasteiger partial charge on any atom is 0.339 e. The zero-order valence-corrected chi connectivity index (χ0v) is 8.61. The second-order valence-corrected chi connectivity index (χ2v) is 3.44. The molecule has 0 amide bonds. The summed E-state index contributed by atoms with van der Waals surface area (Å²) in [5.74, 6) is -1.14. The average molecular weight is 212 g/mol. The van der Waals surface area contributed by atoms with Crippen LogP contribution in [0.25, 0.3) is 0 Å². The van der Waals surface area contributed by atoms with E-state index >= 15 is 0 Å². The maximum atomic E-state index is 12.6. The molecule has 0 radical (unpaired) electrons. The molecule has 1 N–H and O–H groups in total. The van der Waals surface area contributed by atoms with E-state index in [1.54, 1.807) is 13.8 Å². The number of halogens is 1. The molecule has 0 aliphatic carbocycles. The van der Waals surface area contributed by atoms with Gasteiger partial charge in [0.25, 0.3) is 0 Å². The third-order valence-electron chi connectivity index (χ3n) is 1.76. The van der Waals surface area contributed by atoms with Crippen LogP contribution in [0.4, 0.5) is 4.39 Å². The van der Waals surface area contributed by atoms with E-state index in [4.69, 9.17) is 4.74 Å². The van der Waals surface area contributed by atoms with Crippen molar-refractivity contribution in [3.63, 3.8) is 0 Å². The average Bonchev–Trinajstić information content (AvgIpc) is 2.17. The first-order valence-electron chi connectivity index (χ1n) is 4.64. The SMILES string of the molecule is CC(C)OC(=O)C(O)c1ccc(F)cc1. The van der Waals surface area contributed by atoms with Gasteiger partial charge in [-0.25, -0.2) is 9.18 Å². The second kappa shape index (κ2) is 4.89. The van der Waals surface area contributed by atoms with Crippen LogP contribution in [0.1, 0.15) is 25.5 Å². The van der Waals surface area contributed by atoms with Gasteiger partial charge in [0.2, 0.25) is 0 Å². The molecule has 0 aliphatic rings. The molecule has 1 unspecified atom stereocenters. The standard InChI is InChI=1S/C11H13FO3/c1-7(2)15-11(14)10(13)8-3-5-9(12)6-4-8/h3-7,10,13H,1-2H3. The van der Waals surface area contributed by atoms with Crippen LogP contribution >= 0.6 is 0 Å². The Kier molecular flexibility index (Phi) is 3.80. The lowest BCUT2D eigenvalue weighted by molar-refractivity contribution is -0.157. The Morgan fingerprint density at radius 1 is 1.33 bits per heavy atom. The summed E-state index contributed by atoms with van der Waals surface area (Å²) >= 11 is 0. The summed E-state index contributed by atoms with van der Waals surface area (Å²) in [6, 6.07) is 5.06. The van der Waals surface area contributed by atoms with Crippen LogP contribution in [-0.2, 0) is 9.53 Å². The number of aliphatic hydroxyl groups excluding tert-OH is 1. The van der Waals surface area contributed by atoms with Crippen LogP contribution in [0.3, 0.4) is 0 Å². The third-order valence-corrected chi connectivity index (χ3v) is 1.76. The van der Waals surface area contributed by atoms with Gasteiger partial charge in [-0.05, 0) is 31.5 Å². The maximum absolute atomic E-state index is 12.6. The van der Waals surface area contributed by atoms with Crippen LogP contribution in [-0.4, -0.2) is 17.2 Å². The number of rotatable bonds is 3. The Hall–Kier alpha value is -1.42. The van der Waals surface area contributed by atoms with Crippen LogP contribution < -0.4 is 0 Å². The normalized spacial score (nSPS) is 12.6. The zero-order chi connectivity index (χ0) is 11.4. The number of hydrogen-bond acceptors (Lipinski definition) is 3. The molecule has 0 heterocycles. The van der Waals surface area contributed by atoms with Gasteiger partial charge in [0.05, 0.1) is 6.10 Å². The number of benzene rings is 1. The number of ether oxygens (including phenoxy) is 1. The number of carbonyl (C=O) groups excluding carboxylic acids is 1. The van der Waals surface area contributed by atoms with Crippen molar-refractivity contribution in [2.24, 2.45) is 0 Å². The molecule has 0 fully saturated rings. The molecule has 0 spiro atoms. The molecule has 0 bridgehead atoms. The van der Waals surface area contributed by atoms with Crippen LogP contribution in [0, 0.1) is 5.82 Å². The fourth-order valence-corrected chi connectivity index (χ4v) is 1.08. The van der Waals surface area contributed by atoms with Gasteiger partial charge in [0.1, 0.15) is 5.82 Å². The topological polar surface area (TPSA) is 46.5 Å². The first-order valence-corrected chi connectivity index (χ1v) is 4.64. The molecule has 1 aromatic rings. The van der Waals surface area contributed by atoms with E-state index in [0.717, 1.165) is 0 Å². The molecule has 1 aromatic carbocycles. The second-order valence-electron chi connectivity index (χ2n) is 3.44. The quantitative estimate of drug-likeness (QED) is 0.777. The molecule has 0 aliphatic heterocycles. The summed E-state index contributed by atoms with van der Waals surface area (Å²) < 4.78 is 17.4. The first-order chi connectivity index (χ1) is 7.00. The van der Waals surface area contributed by atoms with E-state index in [2.05, 4.69) is 0 Å². The molecule has 0 aromatic heterocycles. The fourth-order valence-electron chi connectivity index (χ4n) is 1.08. The molecule has 4 heteroatoms. The molecule has 0 saturated carbocycles. The number of aliphatic hydroxyl groups is 1. The zero-order valence-electron chi connectivity index (χ0n) is 8.61. The van der Waals surface area contributed by atoms with E-state index < -0.39 is 17.9 Å². The lowest BCUT2D eigenvalue weighted by Gasteiger charge is -2.13. The van der Waals surface area contributed by atoms with Crippen molar-refractivity contribution in [1.29, 1.82) is 0 Å². The van der Waals surface area contributed by atoms with Gasteiger partial charge in [-0.2, -0.15) is 0 Å². The summed E-state index contributed by atoms with van der Waals surface area (Å²) in [6.07, 6.45) is -1.64. The summed E-state index contributed by atoms with van der Waals surface area (Å²) in [5, 5.41) is 9.53. The highest BCUT2D eigenvalue weighted by Gasteiger charge is 2.19. The first kappa shape index (κ1) is 11.7. The minimum Gasteiger partial charge on any atom is -0.461 e. The van der Waals surface area contributed by atoms with Gasteiger partial charge in [-0.3, -0.25) is 0 Å². The van der Waals surface area contributed by atoms with Gasteiger partial charge in [0, 0.05) is 0 Å². The Balaban J connectivity index is 2.71. The summed E-state index contributed by atoms with van der Waals surface area (Å²) in [4.78, 5) is 11.3. The smallest absolute Gasteiger partial charge is 0.339 e. The molecule has 82 valence electrons. The highest BCUT2D eigenvalue weighted by molar-refractivity contribution is 5.76. The van der Waals surface area contributed by atoms with E-state index in [1.807, 2.05) is 0 Å². The highest BCUT2D eigenvalue weighted by atomic mass is 19.1. The predicted molar refractivity (Wildman–Crippen MR) is 52.6 cm³/mol. The molecule has 3 nitrogen and oxygen atoms in total. The van der Waals surface area contributed by atoms with E-state index in [0.29, 0.717) is 5.56 Å². The van der Waals surface area contributed by atoms with Crippen LogP contribution in [0.15, 0.2) is 24.3 Å². The van der Waals surface area contributed by atoms with Gasteiger partial charge in [0.15, 0.2) is 6.10 Å². The Morgan fingerprint density at radius 2 is 1.87 bits per heavy atom. The minimum absolute atomic E-state index is 0.285. The van der Waals surface area contributed by atoms with E-state index in [9.17, 15) is 14.3 Å². The van der Waals surface area contributed by atoms with E-state index in [1.165, 1.54) is 24.3 Å². The number of hydrogen-bond donors (Lipinski definition) is 1. The highest BCUT2D eigenvalue weighted by Crippen LogP contribution is 2.15. The summed E-state index contributed by atoms with van der Waals surface area (Å²) in [7, 11) is 0. The molecule has 1 atom stereocenters. The van der Waals surface area contributed by atoms with Crippen molar-refractivity contribution in [1.82, 2.24) is 0 Å². The third kappa shape index (κ3) is 3.32. The Bertz CT molecular complexity index is 332. The van der Waals surface area contributed by atoms with Gasteiger partial charge in [-0.1, -0.05) is 12.1 Å². The molecule has 1 rings (SSSR count). The number of esters is 1. The van der Waals surface area contributed by atoms with Crippen LogP contribution in [0.5, 0.6) is 0 Å². The molecule has 15 heavy (non-hydrogen) atoms. The lowest BCUT2D eigenvalue weighted by Crippen LogP contribution is -2.19. The summed E-state index contributed by atoms with van der Waals surface area (Å²) in [6.45, 7) is 3.38. The van der Waals surface area contributed by atoms with Gasteiger partial charge in [-0.15, -0.1) is 0 Å². The van der Waals surface area contributed by atoms with Crippen molar-refractivity contribution in [3.8, 4) is 0 Å². The minimum atomic E-state index is -1.35. The summed E-state index contributed by atoms with van der Waals surface area (Å²) in [5.41, 5.74) is 0.321. The van der Waals surface area contributed by atoms with Crippen LogP contribution in [0.2, 0.25) is 0 Å². The number of carbonyl (C=O) groups is 1. The molecular formula is C11H13FO3. The largest absolute Gasteiger partial charge is 0.461 e. The van der Waals surface area contributed by atoms with Gasteiger partial charge < -0.3 is 9.84 Å². The Labute approximate surface area is 87.5 Å².